The van der Waals surface area contributed by atoms with Gasteiger partial charge in [-0.15, -0.1) is 0 Å². The van der Waals surface area contributed by atoms with Gasteiger partial charge in [-0.25, -0.2) is 4.98 Å². The van der Waals surface area contributed by atoms with Gasteiger partial charge in [0.15, 0.2) is 0 Å². The minimum atomic E-state index is -4.49. The van der Waals surface area contributed by atoms with Gasteiger partial charge < -0.3 is 10.2 Å². The number of piperidine rings is 1. The fourth-order valence-electron chi connectivity index (χ4n) is 6.29. The number of alkyl halides is 3. The van der Waals surface area contributed by atoms with Crippen molar-refractivity contribution in [1.29, 1.82) is 0 Å². The monoisotopic (exact) mass is 618 g/mol. The highest BCUT2D eigenvalue weighted by Gasteiger charge is 2.50. The van der Waals surface area contributed by atoms with Crippen molar-refractivity contribution in [1.82, 2.24) is 20.1 Å². The third-order valence-electron chi connectivity index (χ3n) is 8.61. The standard InChI is InChI=1S/C31H38ClF3N6O2/c1-20-18-41(21(2)17-40(20)24-10-13-39(14-11-24)12-6-9-22-7-4-3-5-8-22)30-25(32)15-23(16-36-30)38-27-26(28(42)29(27)43)37-19-31(33,34)35/h3-9,15-16,20-21,24,26-27,37-38H,10-14,17-19H2,1-2H3/b9-6+/t20-,21+,26?,27?/m1/s1. The molecular formula is C31H38ClF3N6O2. The van der Waals surface area contributed by atoms with Crippen LogP contribution in [-0.4, -0.2) is 102 Å². The van der Waals surface area contributed by atoms with E-state index in [-0.39, 0.29) is 6.04 Å². The molecule has 1 aromatic carbocycles. The Morgan fingerprint density at radius 3 is 2.40 bits per heavy atom. The number of anilines is 2. The highest BCUT2D eigenvalue weighted by molar-refractivity contribution is 6.49. The van der Waals surface area contributed by atoms with E-state index < -0.39 is 36.4 Å². The highest BCUT2D eigenvalue weighted by Crippen LogP contribution is 2.33. The summed E-state index contributed by atoms with van der Waals surface area (Å²) in [6.07, 6.45) is 3.67. The highest BCUT2D eigenvalue weighted by atomic mass is 35.5. The van der Waals surface area contributed by atoms with Crippen LogP contribution in [0, 0.1) is 0 Å². The first-order valence-electron chi connectivity index (χ1n) is 14.8. The summed E-state index contributed by atoms with van der Waals surface area (Å²) in [6.45, 7) is 7.73. The zero-order chi connectivity index (χ0) is 30.7. The van der Waals surface area contributed by atoms with Crippen LogP contribution in [-0.2, 0) is 9.59 Å². The topological polar surface area (TPSA) is 80.8 Å². The number of ketones is 2. The maximum absolute atomic E-state index is 12.6. The number of nitrogens with one attached hydrogen (secondary N) is 2. The number of hydrogen-bond acceptors (Lipinski definition) is 8. The van der Waals surface area contributed by atoms with Crippen LogP contribution in [0.25, 0.3) is 6.08 Å². The van der Waals surface area contributed by atoms with Gasteiger partial charge in [0.1, 0.15) is 17.9 Å². The molecule has 0 spiro atoms. The molecule has 2 unspecified atom stereocenters. The number of carbonyl (C=O) groups is 2. The number of Topliss-reactive ketones (excluding diaryl/α,β-unsaturated/α-hetero) is 2. The van der Waals surface area contributed by atoms with E-state index in [0.717, 1.165) is 45.6 Å². The van der Waals surface area contributed by atoms with Gasteiger partial charge in [-0.1, -0.05) is 54.1 Å². The number of piperazine rings is 1. The molecule has 232 valence electrons. The molecule has 1 aliphatic carbocycles. The summed E-state index contributed by atoms with van der Waals surface area (Å²) in [4.78, 5) is 35.7. The fourth-order valence-corrected chi connectivity index (χ4v) is 6.57. The number of halogens is 4. The molecule has 3 aliphatic rings. The maximum atomic E-state index is 12.6. The minimum absolute atomic E-state index is 0.161. The van der Waals surface area contributed by atoms with Crippen molar-refractivity contribution in [2.24, 2.45) is 0 Å². The van der Waals surface area contributed by atoms with E-state index >= 15 is 0 Å². The minimum Gasteiger partial charge on any atom is -0.372 e. The largest absolute Gasteiger partial charge is 0.401 e. The number of nitrogens with zero attached hydrogens (tertiary/aromatic N) is 4. The molecule has 0 amide bonds. The lowest BCUT2D eigenvalue weighted by Crippen LogP contribution is -2.67. The van der Waals surface area contributed by atoms with Gasteiger partial charge in [-0.3, -0.25) is 24.7 Å². The van der Waals surface area contributed by atoms with Crippen LogP contribution in [0.4, 0.5) is 24.7 Å². The predicted octanol–water partition coefficient (Wildman–Crippen LogP) is 4.26. The van der Waals surface area contributed by atoms with E-state index in [0.29, 0.717) is 28.6 Å². The van der Waals surface area contributed by atoms with Gasteiger partial charge in [0.25, 0.3) is 0 Å². The molecule has 3 fully saturated rings. The molecule has 0 bridgehead atoms. The number of hydrogen-bond donors (Lipinski definition) is 2. The van der Waals surface area contributed by atoms with Gasteiger partial charge in [0.05, 0.1) is 23.5 Å². The third kappa shape index (κ3) is 7.57. The molecule has 2 N–H and O–H groups in total. The molecule has 2 saturated heterocycles. The van der Waals surface area contributed by atoms with Crippen LogP contribution in [0.15, 0.2) is 48.7 Å². The molecule has 8 nitrogen and oxygen atoms in total. The number of likely N-dealkylation sites (tertiary alicyclic amines) is 1. The van der Waals surface area contributed by atoms with E-state index in [4.69, 9.17) is 11.6 Å². The van der Waals surface area contributed by atoms with Crippen LogP contribution in [0.5, 0.6) is 0 Å². The lowest BCUT2D eigenvalue weighted by Gasteiger charge is -2.49. The molecule has 5 rings (SSSR count). The average molecular weight is 619 g/mol. The summed E-state index contributed by atoms with van der Waals surface area (Å²) in [7, 11) is 0. The molecule has 1 saturated carbocycles. The van der Waals surface area contributed by atoms with Gasteiger partial charge in [-0.05, 0) is 51.4 Å². The Morgan fingerprint density at radius 1 is 1.02 bits per heavy atom. The van der Waals surface area contributed by atoms with Crippen molar-refractivity contribution >= 4 is 40.7 Å². The smallest absolute Gasteiger partial charge is 0.372 e. The Bertz CT molecular complexity index is 1320. The van der Waals surface area contributed by atoms with E-state index in [1.165, 1.54) is 11.8 Å². The lowest BCUT2D eigenvalue weighted by atomic mass is 9.83. The molecule has 2 aromatic rings. The van der Waals surface area contributed by atoms with Crippen molar-refractivity contribution in [2.45, 2.75) is 63.1 Å². The van der Waals surface area contributed by atoms with Crippen LogP contribution in [0.3, 0.4) is 0 Å². The third-order valence-corrected chi connectivity index (χ3v) is 8.89. The summed E-state index contributed by atoms with van der Waals surface area (Å²) < 4.78 is 37.8. The number of carbonyl (C=O) groups excluding carboxylic acids is 2. The number of pyridine rings is 1. The van der Waals surface area contributed by atoms with Crippen molar-refractivity contribution in [3.8, 4) is 0 Å². The summed E-state index contributed by atoms with van der Waals surface area (Å²) in [5.41, 5.74) is 1.58. The summed E-state index contributed by atoms with van der Waals surface area (Å²) in [6, 6.07) is 10.6. The summed E-state index contributed by atoms with van der Waals surface area (Å²) in [5, 5.41) is 5.31. The zero-order valence-electron chi connectivity index (χ0n) is 24.4. The van der Waals surface area contributed by atoms with Gasteiger partial charge in [0.2, 0.25) is 11.6 Å². The second-order valence-electron chi connectivity index (χ2n) is 11.7. The first-order chi connectivity index (χ1) is 20.5. The Hall–Kier alpha value is -2.99. The van der Waals surface area contributed by atoms with Crippen molar-refractivity contribution in [3.63, 3.8) is 0 Å². The Kier molecular flexibility index (Phi) is 9.75. The Morgan fingerprint density at radius 2 is 1.72 bits per heavy atom. The second-order valence-corrected chi connectivity index (χ2v) is 12.2. The Labute approximate surface area is 255 Å². The van der Waals surface area contributed by atoms with Gasteiger partial charge >= 0.3 is 6.18 Å². The predicted molar refractivity (Wildman–Crippen MR) is 162 cm³/mol. The molecule has 0 radical (unpaired) electrons. The first kappa shape index (κ1) is 31.4. The van der Waals surface area contributed by atoms with E-state index in [2.05, 4.69) is 68.4 Å². The van der Waals surface area contributed by atoms with Crippen molar-refractivity contribution < 1.29 is 22.8 Å². The molecule has 43 heavy (non-hydrogen) atoms. The maximum Gasteiger partial charge on any atom is 0.401 e. The lowest BCUT2D eigenvalue weighted by molar-refractivity contribution is -0.149. The van der Waals surface area contributed by atoms with Crippen molar-refractivity contribution in [3.05, 3.63) is 59.3 Å². The van der Waals surface area contributed by atoms with Crippen LogP contribution < -0.4 is 15.5 Å². The zero-order valence-corrected chi connectivity index (χ0v) is 25.1. The first-order valence-corrected chi connectivity index (χ1v) is 15.1. The SMILES string of the molecule is C[C@@H]1CN(c2ncc(NC3C(=O)C(=O)C3NCC(F)(F)F)cc2Cl)[C@@H](C)CN1C1CCN(C/C=C/c2ccccc2)CC1. The molecule has 2 aliphatic heterocycles. The number of benzene rings is 1. The van der Waals surface area contributed by atoms with Crippen molar-refractivity contribution in [2.75, 3.05) is 49.5 Å². The van der Waals surface area contributed by atoms with Crippen LogP contribution >= 0.6 is 11.6 Å². The average Bonchev–Trinajstić information content (AvgIpc) is 2.98. The van der Waals surface area contributed by atoms with Gasteiger partial charge in [0, 0.05) is 37.8 Å². The van der Waals surface area contributed by atoms with E-state index in [9.17, 15) is 22.8 Å². The quantitative estimate of drug-likeness (QED) is 0.404. The van der Waals surface area contributed by atoms with Crippen LogP contribution in [0.1, 0.15) is 32.3 Å². The molecule has 12 heteroatoms. The fraction of sp³-hybridized carbons (Fsp3) is 0.516. The van der Waals surface area contributed by atoms with E-state index in [1.807, 2.05) is 18.2 Å². The normalized spacial score (nSPS) is 26.2. The number of aromatic nitrogens is 1. The second kappa shape index (κ2) is 13.3. The van der Waals surface area contributed by atoms with Gasteiger partial charge in [-0.2, -0.15) is 13.2 Å². The molecular weight excluding hydrogens is 581 g/mol. The molecule has 3 heterocycles. The molecule has 4 atom stereocenters. The van der Waals surface area contributed by atoms with Crippen LogP contribution in [0.2, 0.25) is 5.02 Å². The number of rotatable bonds is 9. The summed E-state index contributed by atoms with van der Waals surface area (Å²) >= 11 is 6.64. The Balaban J connectivity index is 1.13. The van der Waals surface area contributed by atoms with E-state index in [1.54, 1.807) is 6.07 Å². The summed E-state index contributed by atoms with van der Waals surface area (Å²) in [5.74, 6) is -1.02. The molecule has 1 aromatic heterocycles.